The van der Waals surface area contributed by atoms with Gasteiger partial charge in [0.05, 0.1) is 12.8 Å². The first-order valence-corrected chi connectivity index (χ1v) is 8.33. The molecule has 0 bridgehead atoms. The van der Waals surface area contributed by atoms with Crippen molar-refractivity contribution in [2.75, 3.05) is 13.1 Å². The Hall–Kier alpha value is -3.09. The van der Waals surface area contributed by atoms with Crippen LogP contribution >= 0.6 is 0 Å². The maximum Gasteiger partial charge on any atom is 0.191 e. The van der Waals surface area contributed by atoms with Crippen LogP contribution < -0.4 is 10.6 Å². The van der Waals surface area contributed by atoms with Crippen LogP contribution in [0.3, 0.4) is 0 Å². The minimum absolute atomic E-state index is 0.570. The molecule has 130 valence electrons. The smallest absolute Gasteiger partial charge is 0.191 e. The zero-order chi connectivity index (χ0) is 17.3. The summed E-state index contributed by atoms with van der Waals surface area (Å²) in [6.07, 6.45) is 9.63. The highest BCUT2D eigenvalue weighted by molar-refractivity contribution is 5.79. The molecule has 0 amide bonds. The van der Waals surface area contributed by atoms with Crippen molar-refractivity contribution in [3.8, 4) is 5.82 Å². The number of imidazole rings is 1. The molecule has 7 heteroatoms. The lowest BCUT2D eigenvalue weighted by molar-refractivity contribution is 0.507. The Balaban J connectivity index is 1.59. The van der Waals surface area contributed by atoms with Gasteiger partial charge >= 0.3 is 0 Å². The number of aromatic nitrogens is 3. The molecule has 0 atom stereocenters. The Morgan fingerprint density at radius 2 is 2.24 bits per heavy atom. The number of aliphatic imine (C=N–C) groups is 1. The highest BCUT2D eigenvalue weighted by atomic mass is 16.3. The molecule has 0 saturated carbocycles. The lowest BCUT2D eigenvalue weighted by Crippen LogP contribution is -2.38. The summed E-state index contributed by atoms with van der Waals surface area (Å²) in [5.41, 5.74) is 1.09. The minimum Gasteiger partial charge on any atom is -0.469 e. The van der Waals surface area contributed by atoms with Crippen molar-refractivity contribution in [2.24, 2.45) is 4.99 Å². The van der Waals surface area contributed by atoms with Gasteiger partial charge in [-0.25, -0.2) is 15.0 Å². The molecule has 0 radical (unpaired) electrons. The minimum atomic E-state index is 0.570. The van der Waals surface area contributed by atoms with Gasteiger partial charge in [-0.15, -0.1) is 0 Å². The van der Waals surface area contributed by atoms with E-state index in [0.717, 1.165) is 42.6 Å². The molecule has 0 aliphatic heterocycles. The van der Waals surface area contributed by atoms with Crippen LogP contribution in [0.2, 0.25) is 0 Å². The number of hydrogen-bond donors (Lipinski definition) is 2. The Morgan fingerprint density at radius 3 is 3.00 bits per heavy atom. The summed E-state index contributed by atoms with van der Waals surface area (Å²) in [5.74, 6) is 2.58. The molecule has 0 fully saturated rings. The van der Waals surface area contributed by atoms with Crippen molar-refractivity contribution >= 4 is 5.96 Å². The number of furan rings is 1. The van der Waals surface area contributed by atoms with Gasteiger partial charge in [-0.3, -0.25) is 4.57 Å². The van der Waals surface area contributed by atoms with Crippen molar-refractivity contribution in [1.29, 1.82) is 0 Å². The molecule has 25 heavy (non-hydrogen) atoms. The number of guanidine groups is 1. The molecule has 0 aromatic carbocycles. The fourth-order valence-corrected chi connectivity index (χ4v) is 2.37. The van der Waals surface area contributed by atoms with Crippen LogP contribution in [-0.2, 0) is 13.0 Å². The summed E-state index contributed by atoms with van der Waals surface area (Å²) in [7, 11) is 0. The molecular weight excluding hydrogens is 316 g/mol. The normalized spacial score (nSPS) is 11.5. The predicted octanol–water partition coefficient (Wildman–Crippen LogP) is 2.16. The fraction of sp³-hybridized carbons (Fsp3) is 0.278. The van der Waals surface area contributed by atoms with E-state index in [9.17, 15) is 0 Å². The van der Waals surface area contributed by atoms with Gasteiger partial charge in [0, 0.05) is 38.1 Å². The third-order valence-electron chi connectivity index (χ3n) is 3.59. The molecule has 0 saturated heterocycles. The van der Waals surface area contributed by atoms with Crippen LogP contribution in [0.4, 0.5) is 0 Å². The van der Waals surface area contributed by atoms with Gasteiger partial charge in [-0.2, -0.15) is 0 Å². The first-order chi connectivity index (χ1) is 12.3. The van der Waals surface area contributed by atoms with Crippen molar-refractivity contribution in [2.45, 2.75) is 19.9 Å². The summed E-state index contributed by atoms with van der Waals surface area (Å²) in [6, 6.07) is 7.85. The zero-order valence-corrected chi connectivity index (χ0v) is 14.2. The van der Waals surface area contributed by atoms with Gasteiger partial charge in [0.2, 0.25) is 0 Å². The fourth-order valence-electron chi connectivity index (χ4n) is 2.37. The van der Waals surface area contributed by atoms with Gasteiger partial charge in [0.25, 0.3) is 0 Å². The maximum atomic E-state index is 5.34. The van der Waals surface area contributed by atoms with Crippen LogP contribution in [0, 0.1) is 0 Å². The topological polar surface area (TPSA) is 80.3 Å². The van der Waals surface area contributed by atoms with Crippen LogP contribution in [0.25, 0.3) is 5.82 Å². The molecule has 3 aromatic rings. The van der Waals surface area contributed by atoms with E-state index in [2.05, 4.69) is 25.6 Å². The summed E-state index contributed by atoms with van der Waals surface area (Å²) >= 11 is 0. The maximum absolute atomic E-state index is 5.34. The highest BCUT2D eigenvalue weighted by Gasteiger charge is 2.02. The average Bonchev–Trinajstić information content (AvgIpc) is 3.34. The van der Waals surface area contributed by atoms with Crippen LogP contribution in [-0.4, -0.2) is 33.6 Å². The Morgan fingerprint density at radius 1 is 1.28 bits per heavy atom. The molecule has 7 nitrogen and oxygen atoms in total. The Kier molecular flexibility index (Phi) is 5.82. The van der Waals surface area contributed by atoms with Gasteiger partial charge < -0.3 is 15.1 Å². The van der Waals surface area contributed by atoms with Crippen molar-refractivity contribution in [3.05, 3.63) is 66.8 Å². The third-order valence-corrected chi connectivity index (χ3v) is 3.59. The molecule has 3 heterocycles. The SMILES string of the molecule is CCNC(=NCc1ccnc(-n2ccnc2)c1)NCCc1ccco1. The number of pyridine rings is 1. The number of nitrogens with zero attached hydrogens (tertiary/aromatic N) is 4. The lowest BCUT2D eigenvalue weighted by Gasteiger charge is -2.11. The van der Waals surface area contributed by atoms with E-state index in [1.165, 1.54) is 0 Å². The molecule has 2 N–H and O–H groups in total. The van der Waals surface area contributed by atoms with E-state index in [0.29, 0.717) is 6.54 Å². The van der Waals surface area contributed by atoms with Gasteiger partial charge in [-0.1, -0.05) is 0 Å². The van der Waals surface area contributed by atoms with Gasteiger partial charge in [0.1, 0.15) is 17.9 Å². The second kappa shape index (κ2) is 8.68. The molecule has 3 aromatic heterocycles. The number of rotatable bonds is 7. The van der Waals surface area contributed by atoms with Gasteiger partial charge in [0.15, 0.2) is 5.96 Å². The van der Waals surface area contributed by atoms with E-state index in [4.69, 9.17) is 4.42 Å². The molecule has 0 spiro atoms. The second-order valence-electron chi connectivity index (χ2n) is 5.44. The lowest BCUT2D eigenvalue weighted by atomic mass is 10.2. The zero-order valence-electron chi connectivity index (χ0n) is 14.2. The van der Waals surface area contributed by atoms with E-state index in [1.54, 1.807) is 25.0 Å². The van der Waals surface area contributed by atoms with Gasteiger partial charge in [-0.05, 0) is 36.8 Å². The largest absolute Gasteiger partial charge is 0.469 e. The molecule has 0 unspecified atom stereocenters. The summed E-state index contributed by atoms with van der Waals surface area (Å²) in [4.78, 5) is 13.0. The quantitative estimate of drug-likeness (QED) is 0.510. The Bertz CT molecular complexity index is 780. The standard InChI is InChI=1S/C18H22N6O/c1-2-20-18(22-8-6-16-4-3-11-25-16)23-13-15-5-7-21-17(12-15)24-10-9-19-14-24/h3-5,7,9-12,14H,2,6,8,13H2,1H3,(H2,20,22,23). The van der Waals surface area contributed by atoms with E-state index < -0.39 is 0 Å². The van der Waals surface area contributed by atoms with Crippen molar-refractivity contribution < 1.29 is 4.42 Å². The third kappa shape index (κ3) is 4.94. The van der Waals surface area contributed by atoms with Crippen molar-refractivity contribution in [1.82, 2.24) is 25.2 Å². The molecule has 3 rings (SSSR count). The first kappa shape index (κ1) is 16.8. The summed E-state index contributed by atoms with van der Waals surface area (Å²) in [6.45, 7) is 4.19. The first-order valence-electron chi connectivity index (χ1n) is 8.33. The summed E-state index contributed by atoms with van der Waals surface area (Å²) < 4.78 is 7.21. The Labute approximate surface area is 146 Å². The monoisotopic (exact) mass is 338 g/mol. The number of hydrogen-bond acceptors (Lipinski definition) is 4. The van der Waals surface area contributed by atoms with Crippen LogP contribution in [0.5, 0.6) is 0 Å². The van der Waals surface area contributed by atoms with Crippen molar-refractivity contribution in [3.63, 3.8) is 0 Å². The van der Waals surface area contributed by atoms with E-state index >= 15 is 0 Å². The number of nitrogens with one attached hydrogen (secondary N) is 2. The van der Waals surface area contributed by atoms with E-state index in [-0.39, 0.29) is 0 Å². The molecule has 0 aliphatic rings. The molecule has 0 aliphatic carbocycles. The van der Waals surface area contributed by atoms with Crippen LogP contribution in [0.1, 0.15) is 18.2 Å². The van der Waals surface area contributed by atoms with Crippen LogP contribution in [0.15, 0.2) is 64.9 Å². The molecular formula is C18H22N6O. The summed E-state index contributed by atoms with van der Waals surface area (Å²) in [5, 5.41) is 6.57. The average molecular weight is 338 g/mol. The highest BCUT2D eigenvalue weighted by Crippen LogP contribution is 2.08. The predicted molar refractivity (Wildman–Crippen MR) is 96.6 cm³/mol. The van der Waals surface area contributed by atoms with E-state index in [1.807, 2.05) is 42.0 Å². The second-order valence-corrected chi connectivity index (χ2v) is 5.44.